The van der Waals surface area contributed by atoms with Gasteiger partial charge in [0.2, 0.25) is 59.1 Å². The highest BCUT2D eigenvalue weighted by Gasteiger charge is 2.36. The van der Waals surface area contributed by atoms with Gasteiger partial charge in [-0.1, -0.05) is 45.9 Å². The number of carboxylic acids is 5. The van der Waals surface area contributed by atoms with Gasteiger partial charge < -0.3 is 94.9 Å². The first kappa shape index (κ1) is 73.8. The Morgan fingerprint density at radius 2 is 0.816 bits per heavy atom. The number of aromatic nitrogens is 1. The average molecular weight is 1230 g/mol. The number of nitrogens with one attached hydrogen (secondary N) is 10. The minimum Gasteiger partial charge on any atom is -0.481 e. The summed E-state index contributed by atoms with van der Waals surface area (Å²) in [6.07, 6.45) is -6.61. The number of H-pyrrole nitrogens is 1. The van der Waals surface area contributed by atoms with Gasteiger partial charge in [0.25, 0.3) is 0 Å². The number of nitrogens with two attached hydrogens (primary N) is 2. The van der Waals surface area contributed by atoms with E-state index in [4.69, 9.17) is 16.6 Å². The van der Waals surface area contributed by atoms with Gasteiger partial charge in [0, 0.05) is 55.6 Å². The van der Waals surface area contributed by atoms with Gasteiger partial charge in [-0.05, 0) is 75.3 Å². The summed E-state index contributed by atoms with van der Waals surface area (Å²) in [5.41, 5.74) is 12.5. The molecule has 0 radical (unpaired) electrons. The van der Waals surface area contributed by atoms with Crippen molar-refractivity contribution < 1.29 is 103 Å². The molecule has 10 atom stereocenters. The van der Waals surface area contributed by atoms with E-state index in [2.05, 4.69) is 47.5 Å². The van der Waals surface area contributed by atoms with Gasteiger partial charge in [-0.25, -0.2) is 4.79 Å². The van der Waals surface area contributed by atoms with Crippen LogP contribution in [0.4, 0.5) is 0 Å². The molecule has 2 aromatic rings. The van der Waals surface area contributed by atoms with E-state index in [1.165, 1.54) is 6.92 Å². The zero-order valence-electron chi connectivity index (χ0n) is 48.7. The highest BCUT2D eigenvalue weighted by molar-refractivity contribution is 5.99. The third-order valence-corrected chi connectivity index (χ3v) is 13.1. The van der Waals surface area contributed by atoms with Crippen LogP contribution in [0.2, 0.25) is 0 Å². The summed E-state index contributed by atoms with van der Waals surface area (Å²) in [6.45, 7) is 6.99. The second-order valence-corrected chi connectivity index (χ2v) is 21.4. The standard InChI is InChI=1S/C54H80N12O21/c1-25(2)20-36(46(78)58-24-40(69)59-31(11-16-41(70)71)47(79)60-33(12-17-42(72)73)49(81)63-35(54(86)87)14-19-44(76)77)64-51(83)37(21-26(3)4)65-50(82)34(13-18-43(74)75)61-48(80)32(10-15-39(55)68)62-52(84)38(66-53(85)45(56)27(5)67)22-28-23-57-30-9-7-6-8-29(28)30/h6-9,23,25-27,31-38,45,57,67H,10-22,24,56H2,1-5H3,(H2,55,68)(H,58,78)(H,59,69)(H,60,79)(H,61,80)(H,62,84)(H,63,81)(H,64,83)(H,65,82)(H,66,85)(H,70,71)(H,72,73)(H,74,75)(H,76,77)(H,86,87)/t27-,31+,32+,33+,34+,35+,36+,37+,38+,45+/m1/s1. The highest BCUT2D eigenvalue weighted by atomic mass is 16.4. The number of aliphatic carboxylic acids is 5. The quantitative estimate of drug-likeness (QED) is 0.0305. The van der Waals surface area contributed by atoms with Crippen LogP contribution in [0, 0.1) is 11.8 Å². The number of fused-ring (bicyclic) bond motifs is 1. The molecule has 2 rings (SSSR count). The van der Waals surface area contributed by atoms with Crippen LogP contribution in [-0.2, 0) is 78.3 Å². The fourth-order valence-electron chi connectivity index (χ4n) is 8.48. The molecule has 1 aromatic carbocycles. The summed E-state index contributed by atoms with van der Waals surface area (Å²) in [7, 11) is 0. The van der Waals surface area contributed by atoms with Gasteiger partial charge in [0.15, 0.2) is 0 Å². The number of aromatic amines is 1. The Kier molecular flexibility index (Phi) is 31.0. The Hall–Kier alpha value is -9.27. The molecule has 33 nitrogen and oxygen atoms in total. The predicted molar refractivity (Wildman–Crippen MR) is 303 cm³/mol. The molecule has 0 fully saturated rings. The Morgan fingerprint density at radius 1 is 0.460 bits per heavy atom. The number of aliphatic hydroxyl groups excluding tert-OH is 1. The summed E-state index contributed by atoms with van der Waals surface area (Å²) >= 11 is 0. The molecule has 1 aromatic heterocycles. The summed E-state index contributed by atoms with van der Waals surface area (Å²) < 4.78 is 0. The van der Waals surface area contributed by atoms with Crippen LogP contribution in [-0.4, -0.2) is 192 Å². The zero-order chi connectivity index (χ0) is 65.8. The minimum atomic E-state index is -1.80. The van der Waals surface area contributed by atoms with Gasteiger partial charge in [-0.3, -0.25) is 67.1 Å². The van der Waals surface area contributed by atoms with E-state index < -0.39 is 220 Å². The third-order valence-electron chi connectivity index (χ3n) is 13.1. The van der Waals surface area contributed by atoms with Crippen LogP contribution in [0.25, 0.3) is 10.9 Å². The summed E-state index contributed by atoms with van der Waals surface area (Å²) in [6, 6.07) is -7.75. The van der Waals surface area contributed by atoms with Crippen molar-refractivity contribution >= 4 is 99.8 Å². The Balaban J connectivity index is 2.39. The number of carboxylic acid groups (broad SMARTS) is 5. The average Bonchev–Trinajstić information content (AvgIpc) is 2.44. The van der Waals surface area contributed by atoms with Crippen molar-refractivity contribution in [3.8, 4) is 0 Å². The second kappa shape index (κ2) is 36.5. The van der Waals surface area contributed by atoms with Gasteiger partial charge in [0.05, 0.1) is 12.6 Å². The molecule has 0 spiro atoms. The fraction of sp³-hybridized carbons (Fsp3) is 0.574. The van der Waals surface area contributed by atoms with Crippen LogP contribution in [0.15, 0.2) is 30.5 Å². The number of benzene rings is 1. The molecular weight excluding hydrogens is 1150 g/mol. The predicted octanol–water partition coefficient (Wildman–Crippen LogP) is -3.69. The summed E-state index contributed by atoms with van der Waals surface area (Å²) in [4.78, 5) is 196. The monoisotopic (exact) mass is 1230 g/mol. The van der Waals surface area contributed by atoms with E-state index >= 15 is 0 Å². The highest BCUT2D eigenvalue weighted by Crippen LogP contribution is 2.20. The van der Waals surface area contributed by atoms with E-state index in [1.54, 1.807) is 58.2 Å². The lowest BCUT2D eigenvalue weighted by molar-refractivity contribution is -0.144. The van der Waals surface area contributed by atoms with Crippen molar-refractivity contribution in [2.24, 2.45) is 23.3 Å². The van der Waals surface area contributed by atoms with E-state index in [1.807, 2.05) is 5.32 Å². The lowest BCUT2D eigenvalue weighted by Gasteiger charge is -2.28. The summed E-state index contributed by atoms with van der Waals surface area (Å²) in [5.74, 6) is -18.7. The maximum Gasteiger partial charge on any atom is 0.326 e. The number of primary amides is 1. The van der Waals surface area contributed by atoms with E-state index in [0.29, 0.717) is 16.5 Å². The molecule has 0 unspecified atom stereocenters. The number of rotatable bonds is 41. The van der Waals surface area contributed by atoms with E-state index in [9.17, 15) is 97.5 Å². The van der Waals surface area contributed by atoms with Crippen molar-refractivity contribution in [3.05, 3.63) is 36.0 Å². The molecule has 0 aliphatic heterocycles. The Bertz CT molecular complexity index is 2800. The van der Waals surface area contributed by atoms with Crippen LogP contribution >= 0.6 is 0 Å². The van der Waals surface area contributed by atoms with Gasteiger partial charge in [0.1, 0.15) is 54.4 Å². The molecule has 20 N–H and O–H groups in total. The molecular formula is C54H80N12O21. The number of para-hydroxylation sites is 1. The Morgan fingerprint density at radius 3 is 1.23 bits per heavy atom. The molecule has 482 valence electrons. The molecule has 0 aliphatic rings. The molecule has 87 heavy (non-hydrogen) atoms. The molecule has 33 heteroatoms. The molecule has 10 amide bonds. The van der Waals surface area contributed by atoms with Crippen molar-refractivity contribution in [3.63, 3.8) is 0 Å². The first-order chi connectivity index (χ1) is 40.7. The summed E-state index contributed by atoms with van der Waals surface area (Å²) in [5, 5.41) is 78.5. The molecule has 0 saturated carbocycles. The second-order valence-electron chi connectivity index (χ2n) is 21.4. The van der Waals surface area contributed by atoms with Gasteiger partial charge >= 0.3 is 29.8 Å². The SMILES string of the molecule is CC(C)C[C@H](NC(=O)[C@H](CC(C)C)NC(=O)[C@H](CCC(=O)O)NC(=O)[C@H](CCC(N)=O)NC(=O)[C@H](Cc1c[nH]c2ccccc12)NC(=O)[C@@H](N)[C@@H](C)O)C(=O)NCC(=O)N[C@@H](CCC(=O)O)C(=O)N[C@@H](CCC(=O)O)C(=O)N[C@@H](CCC(=O)O)C(=O)O. The largest absolute Gasteiger partial charge is 0.481 e. The number of hydrogen-bond acceptors (Lipinski definition) is 17. The van der Waals surface area contributed by atoms with Crippen LogP contribution in [0.1, 0.15) is 117 Å². The van der Waals surface area contributed by atoms with Crippen molar-refractivity contribution in [1.82, 2.24) is 52.8 Å². The van der Waals surface area contributed by atoms with Gasteiger partial charge in [-0.15, -0.1) is 0 Å². The smallest absolute Gasteiger partial charge is 0.326 e. The minimum absolute atomic E-state index is 0.0978. The number of carbonyl (C=O) groups is 15. The van der Waals surface area contributed by atoms with Crippen LogP contribution in [0.3, 0.4) is 0 Å². The number of hydrogen-bond donors (Lipinski definition) is 18. The zero-order valence-corrected chi connectivity index (χ0v) is 48.7. The number of carbonyl (C=O) groups excluding carboxylic acids is 10. The van der Waals surface area contributed by atoms with Gasteiger partial charge in [-0.2, -0.15) is 0 Å². The van der Waals surface area contributed by atoms with Crippen molar-refractivity contribution in [2.45, 2.75) is 179 Å². The lowest BCUT2D eigenvalue weighted by atomic mass is 9.99. The molecule has 1 heterocycles. The van der Waals surface area contributed by atoms with Crippen LogP contribution < -0.4 is 59.3 Å². The van der Waals surface area contributed by atoms with E-state index in [-0.39, 0.29) is 31.1 Å². The van der Waals surface area contributed by atoms with Crippen molar-refractivity contribution in [1.29, 1.82) is 0 Å². The maximum atomic E-state index is 14.2. The van der Waals surface area contributed by atoms with Crippen LogP contribution in [0.5, 0.6) is 0 Å². The Labute approximate surface area is 498 Å². The third kappa shape index (κ3) is 27.5. The number of amides is 10. The first-order valence-corrected chi connectivity index (χ1v) is 27.8. The molecule has 0 bridgehead atoms. The van der Waals surface area contributed by atoms with E-state index in [0.717, 1.165) is 0 Å². The topological polar surface area (TPSA) is 554 Å². The first-order valence-electron chi connectivity index (χ1n) is 27.8. The molecule has 0 aliphatic carbocycles. The lowest BCUT2D eigenvalue weighted by Crippen LogP contribution is -2.60. The number of aliphatic hydroxyl groups is 1. The fourth-order valence-corrected chi connectivity index (χ4v) is 8.48. The maximum absolute atomic E-state index is 14.2. The molecule has 0 saturated heterocycles. The normalized spacial score (nSPS) is 14.6. The van der Waals surface area contributed by atoms with Crippen molar-refractivity contribution in [2.75, 3.05) is 6.54 Å².